The molecule has 0 radical (unpaired) electrons. The number of rotatable bonds is 10. The Labute approximate surface area is 133 Å². The van der Waals surface area contributed by atoms with Crippen LogP contribution in [-0.4, -0.2) is 54.1 Å². The molecule has 0 bridgehead atoms. The molecule has 7 heteroatoms. The quantitative estimate of drug-likeness (QED) is 0.384. The lowest BCUT2D eigenvalue weighted by Gasteiger charge is -2.14. The third kappa shape index (κ3) is 7.40. The summed E-state index contributed by atoms with van der Waals surface area (Å²) in [4.78, 5) is 4.60. The zero-order valence-corrected chi connectivity index (χ0v) is 14.3. The van der Waals surface area contributed by atoms with Crippen molar-refractivity contribution in [2.45, 2.75) is 40.2 Å². The summed E-state index contributed by atoms with van der Waals surface area (Å²) in [6.45, 7) is 10.5. The molecule has 1 aromatic heterocycles. The maximum Gasteiger partial charge on any atom is 0.191 e. The minimum absolute atomic E-state index is 0.544. The van der Waals surface area contributed by atoms with Gasteiger partial charge in [0.1, 0.15) is 12.2 Å². The first kappa shape index (κ1) is 18.4. The Morgan fingerprint density at radius 1 is 1.36 bits per heavy atom. The normalized spacial score (nSPS) is 12.0. The first-order chi connectivity index (χ1) is 10.7. The maximum atomic E-state index is 5.06. The van der Waals surface area contributed by atoms with Gasteiger partial charge in [-0.3, -0.25) is 4.99 Å². The highest BCUT2D eigenvalue weighted by atomic mass is 16.5. The van der Waals surface area contributed by atoms with Crippen molar-refractivity contribution in [1.82, 2.24) is 25.4 Å². The molecule has 22 heavy (non-hydrogen) atoms. The minimum Gasteiger partial charge on any atom is -0.385 e. The van der Waals surface area contributed by atoms with E-state index in [9.17, 15) is 0 Å². The van der Waals surface area contributed by atoms with Crippen LogP contribution in [0.25, 0.3) is 0 Å². The lowest BCUT2D eigenvalue weighted by atomic mass is 10.2. The van der Waals surface area contributed by atoms with Crippen LogP contribution in [0.3, 0.4) is 0 Å². The number of guanidine groups is 1. The van der Waals surface area contributed by atoms with Crippen LogP contribution in [0.1, 0.15) is 33.0 Å². The Hall–Kier alpha value is -1.63. The van der Waals surface area contributed by atoms with E-state index in [1.807, 2.05) is 0 Å². The summed E-state index contributed by atoms with van der Waals surface area (Å²) >= 11 is 0. The molecular formula is C15H30N6O. The molecule has 0 aromatic carbocycles. The van der Waals surface area contributed by atoms with Crippen LogP contribution < -0.4 is 10.6 Å². The molecule has 1 aromatic rings. The van der Waals surface area contributed by atoms with Crippen LogP contribution in [0.2, 0.25) is 0 Å². The largest absolute Gasteiger partial charge is 0.385 e. The Morgan fingerprint density at radius 3 is 2.82 bits per heavy atom. The minimum atomic E-state index is 0.544. The predicted molar refractivity (Wildman–Crippen MR) is 89.0 cm³/mol. The smallest absolute Gasteiger partial charge is 0.191 e. The van der Waals surface area contributed by atoms with Crippen molar-refractivity contribution in [2.75, 3.05) is 33.4 Å². The highest BCUT2D eigenvalue weighted by molar-refractivity contribution is 5.79. The molecule has 0 unspecified atom stereocenters. The zero-order chi connectivity index (χ0) is 16.2. The number of hydrogen-bond donors (Lipinski definition) is 2. The van der Waals surface area contributed by atoms with E-state index in [2.05, 4.69) is 51.2 Å². The predicted octanol–water partition coefficient (Wildman–Crippen LogP) is 1.07. The SMILES string of the molecule is CCc1nncn1CCNC(=NCC(C)C)NCCCOC. The van der Waals surface area contributed by atoms with Crippen molar-refractivity contribution in [2.24, 2.45) is 10.9 Å². The number of hydrogen-bond acceptors (Lipinski definition) is 4. The van der Waals surface area contributed by atoms with Crippen LogP contribution >= 0.6 is 0 Å². The van der Waals surface area contributed by atoms with Crippen molar-refractivity contribution in [3.8, 4) is 0 Å². The van der Waals surface area contributed by atoms with Gasteiger partial charge < -0.3 is 19.9 Å². The molecule has 0 spiro atoms. The molecule has 7 nitrogen and oxygen atoms in total. The Bertz CT molecular complexity index is 429. The van der Waals surface area contributed by atoms with Crippen molar-refractivity contribution < 1.29 is 4.74 Å². The van der Waals surface area contributed by atoms with Crippen LogP contribution in [0, 0.1) is 5.92 Å². The Kier molecular flexibility index (Phi) is 9.21. The summed E-state index contributed by atoms with van der Waals surface area (Å²) in [5.74, 6) is 2.41. The van der Waals surface area contributed by atoms with Gasteiger partial charge in [-0.2, -0.15) is 0 Å². The van der Waals surface area contributed by atoms with Crippen molar-refractivity contribution in [1.29, 1.82) is 0 Å². The third-order valence-electron chi connectivity index (χ3n) is 3.09. The summed E-state index contributed by atoms with van der Waals surface area (Å²) in [5.41, 5.74) is 0. The maximum absolute atomic E-state index is 5.06. The monoisotopic (exact) mass is 310 g/mol. The number of ether oxygens (including phenoxy) is 1. The Balaban J connectivity index is 2.40. The molecule has 126 valence electrons. The zero-order valence-electron chi connectivity index (χ0n) is 14.3. The van der Waals surface area contributed by atoms with Crippen LogP contribution in [0.15, 0.2) is 11.3 Å². The van der Waals surface area contributed by atoms with Gasteiger partial charge in [0.15, 0.2) is 5.96 Å². The second-order valence-corrected chi connectivity index (χ2v) is 5.58. The molecule has 1 heterocycles. The van der Waals surface area contributed by atoms with Gasteiger partial charge in [-0.25, -0.2) is 0 Å². The van der Waals surface area contributed by atoms with Gasteiger partial charge in [-0.15, -0.1) is 10.2 Å². The average molecular weight is 310 g/mol. The van der Waals surface area contributed by atoms with Gasteiger partial charge in [-0.05, 0) is 12.3 Å². The molecule has 0 fully saturated rings. The van der Waals surface area contributed by atoms with E-state index in [0.717, 1.165) is 57.4 Å². The number of nitrogens with zero attached hydrogens (tertiary/aromatic N) is 4. The molecule has 0 atom stereocenters. The van der Waals surface area contributed by atoms with Crippen molar-refractivity contribution in [3.05, 3.63) is 12.2 Å². The molecule has 1 rings (SSSR count). The second-order valence-electron chi connectivity index (χ2n) is 5.58. The van der Waals surface area contributed by atoms with Gasteiger partial charge in [0.2, 0.25) is 0 Å². The van der Waals surface area contributed by atoms with Crippen LogP contribution in [0.4, 0.5) is 0 Å². The van der Waals surface area contributed by atoms with Crippen LogP contribution in [0.5, 0.6) is 0 Å². The fraction of sp³-hybridized carbons (Fsp3) is 0.800. The van der Waals surface area contributed by atoms with Crippen molar-refractivity contribution >= 4 is 5.96 Å². The summed E-state index contributed by atoms with van der Waals surface area (Å²) in [6.07, 6.45) is 3.63. The highest BCUT2D eigenvalue weighted by Gasteiger charge is 2.03. The van der Waals surface area contributed by atoms with Gasteiger partial charge in [0, 0.05) is 46.3 Å². The lowest BCUT2D eigenvalue weighted by molar-refractivity contribution is 0.195. The summed E-state index contributed by atoms with van der Waals surface area (Å²) < 4.78 is 7.13. The lowest BCUT2D eigenvalue weighted by Crippen LogP contribution is -2.40. The number of methoxy groups -OCH3 is 1. The van der Waals surface area contributed by atoms with Gasteiger partial charge >= 0.3 is 0 Å². The number of nitrogens with one attached hydrogen (secondary N) is 2. The molecule has 0 saturated heterocycles. The topological polar surface area (TPSA) is 76.4 Å². The molecule has 0 aliphatic heterocycles. The van der Waals surface area contributed by atoms with Gasteiger partial charge in [-0.1, -0.05) is 20.8 Å². The fourth-order valence-corrected chi connectivity index (χ4v) is 1.91. The standard InChI is InChI=1S/C15H30N6O/c1-5-14-20-19-12-21(14)9-8-17-15(18-11-13(2)3)16-7-6-10-22-4/h12-13H,5-11H2,1-4H3,(H2,16,17,18). The number of aryl methyl sites for hydroxylation is 1. The van der Waals surface area contributed by atoms with E-state index in [4.69, 9.17) is 4.74 Å². The summed E-state index contributed by atoms with van der Waals surface area (Å²) in [6, 6.07) is 0. The highest BCUT2D eigenvalue weighted by Crippen LogP contribution is 1.95. The van der Waals surface area contributed by atoms with E-state index in [1.165, 1.54) is 0 Å². The molecular weight excluding hydrogens is 280 g/mol. The Morgan fingerprint density at radius 2 is 2.14 bits per heavy atom. The van der Waals surface area contributed by atoms with E-state index in [-0.39, 0.29) is 0 Å². The van der Waals surface area contributed by atoms with Gasteiger partial charge in [0.25, 0.3) is 0 Å². The second kappa shape index (κ2) is 11.0. The average Bonchev–Trinajstić information content (AvgIpc) is 2.95. The number of aromatic nitrogens is 3. The number of aliphatic imine (C=N–C) groups is 1. The molecule has 0 aliphatic rings. The third-order valence-corrected chi connectivity index (χ3v) is 3.09. The van der Waals surface area contributed by atoms with E-state index in [0.29, 0.717) is 5.92 Å². The molecule has 0 saturated carbocycles. The van der Waals surface area contributed by atoms with Gasteiger partial charge in [0.05, 0.1) is 0 Å². The molecule has 0 aliphatic carbocycles. The molecule has 2 N–H and O–H groups in total. The fourth-order valence-electron chi connectivity index (χ4n) is 1.91. The summed E-state index contributed by atoms with van der Waals surface area (Å²) in [7, 11) is 1.72. The van der Waals surface area contributed by atoms with E-state index >= 15 is 0 Å². The first-order valence-electron chi connectivity index (χ1n) is 8.05. The van der Waals surface area contributed by atoms with E-state index < -0.39 is 0 Å². The van der Waals surface area contributed by atoms with E-state index in [1.54, 1.807) is 13.4 Å². The first-order valence-corrected chi connectivity index (χ1v) is 8.05. The van der Waals surface area contributed by atoms with Crippen LogP contribution in [-0.2, 0) is 17.7 Å². The van der Waals surface area contributed by atoms with Crippen molar-refractivity contribution in [3.63, 3.8) is 0 Å². The molecule has 0 amide bonds. The summed E-state index contributed by atoms with van der Waals surface area (Å²) in [5, 5.41) is 14.7.